The van der Waals surface area contributed by atoms with Crippen molar-refractivity contribution in [1.29, 1.82) is 0 Å². The molecule has 1 aromatic carbocycles. The molecule has 16 heavy (non-hydrogen) atoms. The number of halogens is 1. The highest BCUT2D eigenvalue weighted by atomic mass is 35.5. The van der Waals surface area contributed by atoms with Crippen LogP contribution < -0.4 is 10.1 Å². The highest BCUT2D eigenvalue weighted by Crippen LogP contribution is 2.22. The van der Waals surface area contributed by atoms with Crippen LogP contribution in [0.4, 0.5) is 0 Å². The number of ether oxygens (including phenoxy) is 1. The first kappa shape index (κ1) is 12.8. The van der Waals surface area contributed by atoms with Crippen LogP contribution >= 0.6 is 11.6 Å². The van der Waals surface area contributed by atoms with Crippen molar-refractivity contribution in [2.75, 3.05) is 6.61 Å². The molecule has 0 saturated heterocycles. The second kappa shape index (κ2) is 5.21. The van der Waals surface area contributed by atoms with Crippen molar-refractivity contribution in [3.63, 3.8) is 0 Å². The number of rotatable bonds is 3. The molecule has 0 heterocycles. The topological polar surface area (TPSA) is 38.3 Å². The Morgan fingerprint density at radius 2 is 2.00 bits per heavy atom. The third-order valence-electron chi connectivity index (χ3n) is 1.71. The Labute approximate surface area is 101 Å². The van der Waals surface area contributed by atoms with Crippen molar-refractivity contribution in [1.82, 2.24) is 5.32 Å². The number of benzene rings is 1. The van der Waals surface area contributed by atoms with Crippen molar-refractivity contribution in [3.8, 4) is 5.75 Å². The first-order valence-electron chi connectivity index (χ1n) is 5.07. The zero-order chi connectivity index (χ0) is 12.2. The fourth-order valence-electron chi connectivity index (χ4n) is 1.16. The summed E-state index contributed by atoms with van der Waals surface area (Å²) in [6.45, 7) is 5.72. The van der Waals surface area contributed by atoms with Gasteiger partial charge in [0.1, 0.15) is 5.75 Å². The van der Waals surface area contributed by atoms with Crippen LogP contribution in [0.1, 0.15) is 20.8 Å². The minimum absolute atomic E-state index is 0.0268. The van der Waals surface area contributed by atoms with Crippen LogP contribution in [0.5, 0.6) is 5.75 Å². The molecule has 1 aromatic rings. The minimum Gasteiger partial charge on any atom is -0.482 e. The summed E-state index contributed by atoms with van der Waals surface area (Å²) >= 11 is 5.88. The summed E-state index contributed by atoms with van der Waals surface area (Å²) in [5.74, 6) is 0.362. The molecule has 3 nitrogen and oxygen atoms in total. The number of para-hydroxylation sites is 1. The smallest absolute Gasteiger partial charge is 0.258 e. The molecule has 0 bridgehead atoms. The molecular weight excluding hydrogens is 226 g/mol. The summed E-state index contributed by atoms with van der Waals surface area (Å²) in [4.78, 5) is 11.5. The third-order valence-corrected chi connectivity index (χ3v) is 2.02. The molecule has 0 spiro atoms. The van der Waals surface area contributed by atoms with Gasteiger partial charge in [-0.3, -0.25) is 4.79 Å². The second-order valence-electron chi connectivity index (χ2n) is 4.52. The molecule has 0 fully saturated rings. The maximum atomic E-state index is 11.5. The number of hydrogen-bond acceptors (Lipinski definition) is 2. The van der Waals surface area contributed by atoms with Gasteiger partial charge in [0, 0.05) is 5.54 Å². The van der Waals surface area contributed by atoms with Crippen molar-refractivity contribution in [3.05, 3.63) is 29.3 Å². The molecule has 0 unspecified atom stereocenters. The molecule has 0 atom stereocenters. The lowest BCUT2D eigenvalue weighted by atomic mass is 10.1. The zero-order valence-corrected chi connectivity index (χ0v) is 10.5. The summed E-state index contributed by atoms with van der Waals surface area (Å²) in [7, 11) is 0. The first-order chi connectivity index (χ1) is 7.38. The predicted molar refractivity (Wildman–Crippen MR) is 64.8 cm³/mol. The molecule has 0 aliphatic carbocycles. The van der Waals surface area contributed by atoms with E-state index >= 15 is 0 Å². The Morgan fingerprint density at radius 3 is 2.56 bits per heavy atom. The average molecular weight is 242 g/mol. The van der Waals surface area contributed by atoms with Crippen LogP contribution in [0.15, 0.2) is 24.3 Å². The number of carbonyl (C=O) groups excluding carboxylic acids is 1. The van der Waals surface area contributed by atoms with E-state index < -0.39 is 0 Å². The molecule has 4 heteroatoms. The Hall–Kier alpha value is -1.22. The molecule has 1 N–H and O–H groups in total. The van der Waals surface area contributed by atoms with Crippen LogP contribution in [0.3, 0.4) is 0 Å². The molecular formula is C12H16ClNO2. The Bertz CT molecular complexity index is 372. The summed E-state index contributed by atoms with van der Waals surface area (Å²) in [6.07, 6.45) is 0. The van der Waals surface area contributed by atoms with E-state index in [-0.39, 0.29) is 18.1 Å². The van der Waals surface area contributed by atoms with E-state index in [1.54, 1.807) is 12.1 Å². The molecule has 0 radical (unpaired) electrons. The maximum absolute atomic E-state index is 11.5. The summed E-state index contributed by atoms with van der Waals surface area (Å²) in [6, 6.07) is 7.07. The van der Waals surface area contributed by atoms with Crippen LogP contribution in [-0.2, 0) is 4.79 Å². The van der Waals surface area contributed by atoms with Gasteiger partial charge in [0.05, 0.1) is 5.02 Å². The van der Waals surface area contributed by atoms with Gasteiger partial charge in [-0.25, -0.2) is 0 Å². The molecule has 1 rings (SSSR count). The van der Waals surface area contributed by atoms with E-state index in [9.17, 15) is 4.79 Å². The SMILES string of the molecule is CC(C)(C)NC(=O)COc1ccccc1Cl. The summed E-state index contributed by atoms with van der Waals surface area (Å²) < 4.78 is 5.30. The fourth-order valence-corrected chi connectivity index (χ4v) is 1.35. The van der Waals surface area contributed by atoms with Gasteiger partial charge in [-0.15, -0.1) is 0 Å². The van der Waals surface area contributed by atoms with E-state index in [0.717, 1.165) is 0 Å². The van der Waals surface area contributed by atoms with E-state index in [2.05, 4.69) is 5.32 Å². The normalized spacial score (nSPS) is 11.0. The number of carbonyl (C=O) groups is 1. The standard InChI is InChI=1S/C12H16ClNO2/c1-12(2,3)14-11(15)8-16-10-7-5-4-6-9(10)13/h4-7H,8H2,1-3H3,(H,14,15). The Morgan fingerprint density at radius 1 is 1.38 bits per heavy atom. The fraction of sp³-hybridized carbons (Fsp3) is 0.417. The summed E-state index contributed by atoms with van der Waals surface area (Å²) in [5, 5.41) is 3.31. The highest BCUT2D eigenvalue weighted by molar-refractivity contribution is 6.32. The van der Waals surface area contributed by atoms with Crippen molar-refractivity contribution in [2.24, 2.45) is 0 Å². The maximum Gasteiger partial charge on any atom is 0.258 e. The van der Waals surface area contributed by atoms with Crippen LogP contribution in [0.2, 0.25) is 5.02 Å². The lowest BCUT2D eigenvalue weighted by molar-refractivity contribution is -0.124. The van der Waals surface area contributed by atoms with E-state index in [4.69, 9.17) is 16.3 Å². The van der Waals surface area contributed by atoms with Crippen molar-refractivity contribution >= 4 is 17.5 Å². The first-order valence-corrected chi connectivity index (χ1v) is 5.44. The van der Waals surface area contributed by atoms with Gasteiger partial charge in [0.2, 0.25) is 0 Å². The highest BCUT2D eigenvalue weighted by Gasteiger charge is 2.14. The van der Waals surface area contributed by atoms with Gasteiger partial charge >= 0.3 is 0 Å². The van der Waals surface area contributed by atoms with Gasteiger partial charge in [-0.2, -0.15) is 0 Å². The molecule has 0 saturated carbocycles. The lowest BCUT2D eigenvalue weighted by Crippen LogP contribution is -2.43. The van der Waals surface area contributed by atoms with Gasteiger partial charge in [-0.1, -0.05) is 23.7 Å². The molecule has 88 valence electrons. The van der Waals surface area contributed by atoms with E-state index in [1.165, 1.54) is 0 Å². The Balaban J connectivity index is 2.47. The number of hydrogen-bond donors (Lipinski definition) is 1. The van der Waals surface area contributed by atoms with Crippen LogP contribution in [0, 0.1) is 0 Å². The molecule has 0 aliphatic heterocycles. The number of nitrogens with one attached hydrogen (secondary N) is 1. The third kappa shape index (κ3) is 4.53. The number of amides is 1. The quantitative estimate of drug-likeness (QED) is 0.884. The minimum atomic E-state index is -0.249. The van der Waals surface area contributed by atoms with Gasteiger partial charge in [-0.05, 0) is 32.9 Å². The largest absolute Gasteiger partial charge is 0.482 e. The van der Waals surface area contributed by atoms with Crippen molar-refractivity contribution < 1.29 is 9.53 Å². The zero-order valence-electron chi connectivity index (χ0n) is 9.71. The van der Waals surface area contributed by atoms with Crippen LogP contribution in [0.25, 0.3) is 0 Å². The van der Waals surface area contributed by atoms with Crippen molar-refractivity contribution in [2.45, 2.75) is 26.3 Å². The van der Waals surface area contributed by atoms with E-state index in [1.807, 2.05) is 32.9 Å². The molecule has 0 aliphatic rings. The van der Waals surface area contributed by atoms with Crippen LogP contribution in [-0.4, -0.2) is 18.1 Å². The second-order valence-corrected chi connectivity index (χ2v) is 4.92. The van der Waals surface area contributed by atoms with Gasteiger partial charge < -0.3 is 10.1 Å². The van der Waals surface area contributed by atoms with Gasteiger partial charge in [0.25, 0.3) is 5.91 Å². The monoisotopic (exact) mass is 241 g/mol. The average Bonchev–Trinajstić information content (AvgIpc) is 2.14. The van der Waals surface area contributed by atoms with E-state index in [0.29, 0.717) is 10.8 Å². The Kier molecular flexibility index (Phi) is 4.19. The summed E-state index contributed by atoms with van der Waals surface area (Å²) in [5.41, 5.74) is -0.249. The molecule has 1 amide bonds. The molecule has 0 aromatic heterocycles. The predicted octanol–water partition coefficient (Wildman–Crippen LogP) is 2.63. The van der Waals surface area contributed by atoms with Gasteiger partial charge in [0.15, 0.2) is 6.61 Å². The lowest BCUT2D eigenvalue weighted by Gasteiger charge is -2.20.